The first-order valence-electron chi connectivity index (χ1n) is 7.00. The lowest BCUT2D eigenvalue weighted by Gasteiger charge is -2.19. The lowest BCUT2D eigenvalue weighted by molar-refractivity contribution is -0.130. The first-order valence-corrected chi connectivity index (χ1v) is 7.00. The van der Waals surface area contributed by atoms with Crippen molar-refractivity contribution in [2.45, 2.75) is 32.1 Å². The minimum absolute atomic E-state index is 0.270. The molecule has 3 rings (SSSR count). The number of esters is 1. The number of halogens is 1. The molecule has 0 aromatic heterocycles. The molecule has 0 N–H and O–H groups in total. The maximum absolute atomic E-state index is 12.8. The molecule has 1 aliphatic heterocycles. The zero-order valence-corrected chi connectivity index (χ0v) is 11.1. The molecule has 0 saturated heterocycles. The fourth-order valence-corrected chi connectivity index (χ4v) is 2.67. The first-order chi connectivity index (χ1) is 9.72. The summed E-state index contributed by atoms with van der Waals surface area (Å²) < 4.78 is 18.1. The average molecular weight is 273 g/mol. The largest absolute Gasteiger partial charge is 0.406 e. The Bertz CT molecular complexity index is 569. The van der Waals surface area contributed by atoms with E-state index in [2.05, 4.69) is 4.99 Å². The number of benzene rings is 1. The zero-order chi connectivity index (χ0) is 13.9. The molecule has 3 nitrogen and oxygen atoms in total. The second kappa shape index (κ2) is 5.57. The predicted molar refractivity (Wildman–Crippen MR) is 74.5 cm³/mol. The van der Waals surface area contributed by atoms with Gasteiger partial charge < -0.3 is 4.74 Å². The fourth-order valence-electron chi connectivity index (χ4n) is 2.67. The summed E-state index contributed by atoms with van der Waals surface area (Å²) in [6.45, 7) is 0. The highest BCUT2D eigenvalue weighted by Crippen LogP contribution is 2.29. The maximum atomic E-state index is 12.8. The number of nitrogens with zero attached hydrogens (tertiary/aromatic N) is 1. The van der Waals surface area contributed by atoms with Crippen molar-refractivity contribution in [3.8, 4) is 0 Å². The molecule has 0 radical (unpaired) electrons. The first kappa shape index (κ1) is 13.0. The van der Waals surface area contributed by atoms with Crippen molar-refractivity contribution in [1.29, 1.82) is 0 Å². The van der Waals surface area contributed by atoms with E-state index in [1.54, 1.807) is 18.2 Å². The number of carbonyl (C=O) groups is 1. The van der Waals surface area contributed by atoms with Crippen LogP contribution in [-0.2, 0) is 9.53 Å². The molecule has 1 fully saturated rings. The summed E-state index contributed by atoms with van der Waals surface area (Å²) in [5.74, 6) is 0.123. The third-order valence-electron chi connectivity index (χ3n) is 3.76. The van der Waals surface area contributed by atoms with Crippen molar-refractivity contribution >= 4 is 17.9 Å². The summed E-state index contributed by atoms with van der Waals surface area (Å²) >= 11 is 0. The minimum atomic E-state index is -0.408. The highest BCUT2D eigenvalue weighted by molar-refractivity contribution is 6.07. The van der Waals surface area contributed by atoms with Gasteiger partial charge in [0.2, 0.25) is 5.90 Å². The van der Waals surface area contributed by atoms with Gasteiger partial charge in [-0.3, -0.25) is 0 Å². The topological polar surface area (TPSA) is 38.7 Å². The number of carbonyl (C=O) groups excluding carboxylic acids is 1. The standard InChI is InChI=1S/C16H16FNO2/c17-13-8-6-11(7-9-13)10-14-16(19)20-15(18-14)12-4-2-1-3-5-12/h6-10,12H,1-5H2/b14-10-. The van der Waals surface area contributed by atoms with Gasteiger partial charge in [-0.05, 0) is 36.6 Å². The van der Waals surface area contributed by atoms with Gasteiger partial charge in [-0.1, -0.05) is 31.4 Å². The molecule has 0 atom stereocenters. The van der Waals surface area contributed by atoms with E-state index in [0.29, 0.717) is 11.6 Å². The predicted octanol–water partition coefficient (Wildman–Crippen LogP) is 3.70. The Morgan fingerprint density at radius 3 is 2.55 bits per heavy atom. The van der Waals surface area contributed by atoms with E-state index in [1.165, 1.54) is 18.6 Å². The number of ether oxygens (including phenoxy) is 1. The monoisotopic (exact) mass is 273 g/mol. The lowest BCUT2D eigenvalue weighted by Crippen LogP contribution is -2.19. The fraction of sp³-hybridized carbons (Fsp3) is 0.375. The molecule has 1 heterocycles. The van der Waals surface area contributed by atoms with Gasteiger partial charge in [-0.15, -0.1) is 0 Å². The molecule has 1 saturated carbocycles. The normalized spacial score (nSPS) is 21.9. The van der Waals surface area contributed by atoms with Crippen LogP contribution in [0.25, 0.3) is 6.08 Å². The van der Waals surface area contributed by atoms with Crippen LogP contribution in [0.5, 0.6) is 0 Å². The molecule has 1 aliphatic carbocycles. The SMILES string of the molecule is O=C1OC(C2CCCCC2)=N/C1=C\c1ccc(F)cc1. The second-order valence-electron chi connectivity index (χ2n) is 5.26. The summed E-state index contributed by atoms with van der Waals surface area (Å²) in [6, 6.07) is 5.95. The molecule has 1 aromatic carbocycles. The van der Waals surface area contributed by atoms with Crippen LogP contribution in [0, 0.1) is 11.7 Å². The van der Waals surface area contributed by atoms with Crippen LogP contribution in [0.2, 0.25) is 0 Å². The molecule has 104 valence electrons. The highest BCUT2D eigenvalue weighted by atomic mass is 19.1. The van der Waals surface area contributed by atoms with Gasteiger partial charge in [0.05, 0.1) is 0 Å². The molecule has 0 bridgehead atoms. The van der Waals surface area contributed by atoms with Gasteiger partial charge in [-0.25, -0.2) is 14.2 Å². The van der Waals surface area contributed by atoms with Gasteiger partial charge >= 0.3 is 5.97 Å². The molecule has 4 heteroatoms. The van der Waals surface area contributed by atoms with Crippen molar-refractivity contribution in [3.05, 3.63) is 41.3 Å². The number of aliphatic imine (C=N–C) groups is 1. The number of hydrogen-bond acceptors (Lipinski definition) is 3. The second-order valence-corrected chi connectivity index (χ2v) is 5.26. The maximum Gasteiger partial charge on any atom is 0.363 e. The Morgan fingerprint density at radius 1 is 1.15 bits per heavy atom. The van der Waals surface area contributed by atoms with E-state index in [0.717, 1.165) is 31.2 Å². The van der Waals surface area contributed by atoms with Crippen molar-refractivity contribution < 1.29 is 13.9 Å². The van der Waals surface area contributed by atoms with Crippen molar-refractivity contribution in [1.82, 2.24) is 0 Å². The van der Waals surface area contributed by atoms with E-state index in [-0.39, 0.29) is 11.7 Å². The van der Waals surface area contributed by atoms with Crippen LogP contribution in [-0.4, -0.2) is 11.9 Å². The van der Waals surface area contributed by atoms with Gasteiger partial charge in [0.1, 0.15) is 5.82 Å². The van der Waals surface area contributed by atoms with Crippen LogP contribution in [0.3, 0.4) is 0 Å². The van der Waals surface area contributed by atoms with Gasteiger partial charge in [-0.2, -0.15) is 0 Å². The molecule has 0 amide bonds. The van der Waals surface area contributed by atoms with Gasteiger partial charge in [0.15, 0.2) is 5.70 Å². The van der Waals surface area contributed by atoms with E-state index >= 15 is 0 Å². The highest BCUT2D eigenvalue weighted by Gasteiger charge is 2.29. The van der Waals surface area contributed by atoms with Crippen molar-refractivity contribution in [2.24, 2.45) is 10.9 Å². The van der Waals surface area contributed by atoms with Crippen molar-refractivity contribution in [2.75, 3.05) is 0 Å². The summed E-state index contributed by atoms with van der Waals surface area (Å²) in [5.41, 5.74) is 1.05. The number of hydrogen-bond donors (Lipinski definition) is 0. The third-order valence-corrected chi connectivity index (χ3v) is 3.76. The van der Waals surface area contributed by atoms with E-state index in [1.807, 2.05) is 0 Å². The summed E-state index contributed by atoms with van der Waals surface area (Å²) in [5, 5.41) is 0. The van der Waals surface area contributed by atoms with E-state index < -0.39 is 5.97 Å². The molecule has 0 unspecified atom stereocenters. The quantitative estimate of drug-likeness (QED) is 0.608. The van der Waals surface area contributed by atoms with Crippen LogP contribution in [0.4, 0.5) is 4.39 Å². The Hall–Kier alpha value is -1.97. The van der Waals surface area contributed by atoms with Crippen LogP contribution < -0.4 is 0 Å². The van der Waals surface area contributed by atoms with Crippen LogP contribution in [0.15, 0.2) is 35.0 Å². The van der Waals surface area contributed by atoms with Gasteiger partial charge in [0, 0.05) is 5.92 Å². The number of cyclic esters (lactones) is 1. The minimum Gasteiger partial charge on any atom is -0.406 e. The van der Waals surface area contributed by atoms with Crippen molar-refractivity contribution in [3.63, 3.8) is 0 Å². The molecular weight excluding hydrogens is 257 g/mol. The summed E-state index contributed by atoms with van der Waals surface area (Å²) in [7, 11) is 0. The van der Waals surface area contributed by atoms with E-state index in [9.17, 15) is 9.18 Å². The Labute approximate surface area is 117 Å². The molecule has 0 spiro atoms. The summed E-state index contributed by atoms with van der Waals surface area (Å²) in [6.07, 6.45) is 7.29. The Morgan fingerprint density at radius 2 is 1.85 bits per heavy atom. The van der Waals surface area contributed by atoms with Crippen LogP contribution in [0.1, 0.15) is 37.7 Å². The van der Waals surface area contributed by atoms with E-state index in [4.69, 9.17) is 4.74 Å². The molecule has 20 heavy (non-hydrogen) atoms. The lowest BCUT2D eigenvalue weighted by atomic mass is 9.89. The Balaban J connectivity index is 1.80. The van der Waals surface area contributed by atoms with Crippen LogP contribution >= 0.6 is 0 Å². The average Bonchev–Trinajstić information content (AvgIpc) is 2.84. The number of rotatable bonds is 2. The third kappa shape index (κ3) is 2.79. The summed E-state index contributed by atoms with van der Waals surface area (Å²) in [4.78, 5) is 16.1. The molecular formula is C16H16FNO2. The zero-order valence-electron chi connectivity index (χ0n) is 11.1. The molecule has 1 aromatic rings. The van der Waals surface area contributed by atoms with Gasteiger partial charge in [0.25, 0.3) is 0 Å². The Kier molecular flexibility index (Phi) is 3.63. The smallest absolute Gasteiger partial charge is 0.363 e. The molecule has 2 aliphatic rings.